The van der Waals surface area contributed by atoms with E-state index >= 15 is 0 Å². The highest BCUT2D eigenvalue weighted by Gasteiger charge is 2.06. The van der Waals surface area contributed by atoms with Crippen LogP contribution in [0.15, 0.2) is 40.9 Å². The highest BCUT2D eigenvalue weighted by atomic mass is 79.9. The third-order valence-electron chi connectivity index (χ3n) is 2.85. The summed E-state index contributed by atoms with van der Waals surface area (Å²) in [5.74, 6) is 2.72. The van der Waals surface area contributed by atoms with E-state index < -0.39 is 0 Å². The molecule has 0 atom stereocenters. The Hall–Kier alpha value is -1.59. The van der Waals surface area contributed by atoms with Crippen LogP contribution in [0.3, 0.4) is 0 Å². The predicted octanol–water partition coefficient (Wildman–Crippen LogP) is 4.59. The first kappa shape index (κ1) is 12.9. The summed E-state index contributed by atoms with van der Waals surface area (Å²) in [6.45, 7) is 0. The molecule has 1 nitrogen and oxygen atoms in total. The topological polar surface area (TPSA) is 17.1 Å². The Labute approximate surface area is 115 Å². The standard InChI is InChI=1S/C16H13BrO/c1-2-3-4-5-16(18)14-7-6-13-11-15(17)9-8-12(13)10-14/h1,6-11H,3-5H2. The molecule has 0 spiro atoms. The molecule has 0 amide bonds. The maximum Gasteiger partial charge on any atom is 0.162 e. The van der Waals surface area contributed by atoms with Crippen LogP contribution in [-0.4, -0.2) is 5.78 Å². The number of benzene rings is 2. The number of carbonyl (C=O) groups is 1. The second kappa shape index (κ2) is 5.84. The number of halogens is 1. The molecule has 0 aromatic heterocycles. The van der Waals surface area contributed by atoms with Crippen LogP contribution < -0.4 is 0 Å². The van der Waals surface area contributed by atoms with Gasteiger partial charge >= 0.3 is 0 Å². The fourth-order valence-electron chi connectivity index (χ4n) is 1.89. The first-order valence-corrected chi connectivity index (χ1v) is 6.66. The van der Waals surface area contributed by atoms with Crippen molar-refractivity contribution in [2.24, 2.45) is 0 Å². The number of Topliss-reactive ketones (excluding diaryl/α,β-unsaturated/α-hetero) is 1. The van der Waals surface area contributed by atoms with Gasteiger partial charge in [-0.2, -0.15) is 0 Å². The monoisotopic (exact) mass is 300 g/mol. The number of hydrogen-bond donors (Lipinski definition) is 0. The molecule has 0 radical (unpaired) electrons. The number of fused-ring (bicyclic) bond motifs is 1. The highest BCUT2D eigenvalue weighted by Crippen LogP contribution is 2.21. The zero-order chi connectivity index (χ0) is 13.0. The van der Waals surface area contributed by atoms with Gasteiger partial charge in [0.15, 0.2) is 5.78 Å². The lowest BCUT2D eigenvalue weighted by Gasteiger charge is -2.03. The Morgan fingerprint density at radius 2 is 1.89 bits per heavy atom. The molecule has 0 N–H and O–H groups in total. The van der Waals surface area contributed by atoms with E-state index in [4.69, 9.17) is 6.42 Å². The fraction of sp³-hybridized carbons (Fsp3) is 0.188. The summed E-state index contributed by atoms with van der Waals surface area (Å²) < 4.78 is 1.04. The van der Waals surface area contributed by atoms with Crippen LogP contribution >= 0.6 is 15.9 Å². The van der Waals surface area contributed by atoms with Crippen molar-refractivity contribution < 1.29 is 4.79 Å². The normalized spacial score (nSPS) is 10.2. The summed E-state index contributed by atoms with van der Waals surface area (Å²) in [4.78, 5) is 12.0. The molecule has 2 aromatic rings. The number of carbonyl (C=O) groups excluding carboxylic acids is 1. The molecule has 0 bridgehead atoms. The molecule has 0 saturated carbocycles. The van der Waals surface area contributed by atoms with Crippen molar-refractivity contribution in [2.75, 3.05) is 0 Å². The summed E-state index contributed by atoms with van der Waals surface area (Å²) >= 11 is 3.44. The quantitative estimate of drug-likeness (QED) is 0.458. The number of unbranched alkanes of at least 4 members (excludes halogenated alkanes) is 1. The molecule has 2 rings (SSSR count). The number of ketones is 1. The van der Waals surface area contributed by atoms with E-state index in [-0.39, 0.29) is 5.78 Å². The molecular formula is C16H13BrO. The van der Waals surface area contributed by atoms with Gasteiger partial charge < -0.3 is 0 Å². The van der Waals surface area contributed by atoms with Gasteiger partial charge in [0.25, 0.3) is 0 Å². The van der Waals surface area contributed by atoms with Crippen molar-refractivity contribution >= 4 is 32.5 Å². The SMILES string of the molecule is C#CCCCC(=O)c1ccc2cc(Br)ccc2c1. The summed E-state index contributed by atoms with van der Waals surface area (Å²) in [6.07, 6.45) is 7.11. The molecular weight excluding hydrogens is 288 g/mol. The average Bonchev–Trinajstić information content (AvgIpc) is 2.38. The molecule has 0 unspecified atom stereocenters. The molecule has 0 saturated heterocycles. The van der Waals surface area contributed by atoms with E-state index in [9.17, 15) is 4.79 Å². The zero-order valence-corrected chi connectivity index (χ0v) is 11.5. The van der Waals surface area contributed by atoms with E-state index in [1.165, 1.54) is 0 Å². The lowest BCUT2D eigenvalue weighted by molar-refractivity contribution is 0.0980. The Kier molecular flexibility index (Phi) is 4.17. The maximum absolute atomic E-state index is 12.0. The van der Waals surface area contributed by atoms with Crippen LogP contribution in [-0.2, 0) is 0 Å². The van der Waals surface area contributed by atoms with E-state index in [0.717, 1.165) is 27.2 Å². The van der Waals surface area contributed by atoms with Gasteiger partial charge in [0.2, 0.25) is 0 Å². The second-order valence-electron chi connectivity index (χ2n) is 4.19. The lowest BCUT2D eigenvalue weighted by atomic mass is 10.0. The van der Waals surface area contributed by atoms with Gasteiger partial charge in [-0.05, 0) is 35.4 Å². The van der Waals surface area contributed by atoms with E-state index in [0.29, 0.717) is 12.8 Å². The van der Waals surface area contributed by atoms with Crippen molar-refractivity contribution in [3.8, 4) is 12.3 Å². The van der Waals surface area contributed by atoms with Gasteiger partial charge in [-0.15, -0.1) is 12.3 Å². The van der Waals surface area contributed by atoms with Gasteiger partial charge in [0.1, 0.15) is 0 Å². The largest absolute Gasteiger partial charge is 0.294 e. The molecule has 2 aromatic carbocycles. The molecule has 0 aliphatic heterocycles. The maximum atomic E-state index is 12.0. The third-order valence-corrected chi connectivity index (χ3v) is 3.34. The minimum Gasteiger partial charge on any atom is -0.294 e. The first-order chi connectivity index (χ1) is 8.70. The van der Waals surface area contributed by atoms with E-state index in [1.807, 2.05) is 36.4 Å². The smallest absolute Gasteiger partial charge is 0.162 e. The van der Waals surface area contributed by atoms with Crippen LogP contribution in [0.2, 0.25) is 0 Å². The van der Waals surface area contributed by atoms with Gasteiger partial charge in [-0.1, -0.05) is 34.1 Å². The summed E-state index contributed by atoms with van der Waals surface area (Å²) in [5, 5.41) is 2.21. The Morgan fingerprint density at radius 3 is 2.67 bits per heavy atom. The van der Waals surface area contributed by atoms with Crippen molar-refractivity contribution in [2.45, 2.75) is 19.3 Å². The Morgan fingerprint density at radius 1 is 1.17 bits per heavy atom. The Balaban J connectivity index is 2.22. The summed E-state index contributed by atoms with van der Waals surface area (Å²) in [6, 6.07) is 11.8. The average molecular weight is 301 g/mol. The minimum atomic E-state index is 0.162. The highest BCUT2D eigenvalue weighted by molar-refractivity contribution is 9.10. The molecule has 18 heavy (non-hydrogen) atoms. The molecule has 0 aliphatic carbocycles. The first-order valence-electron chi connectivity index (χ1n) is 5.86. The van der Waals surface area contributed by atoms with Crippen LogP contribution in [0, 0.1) is 12.3 Å². The van der Waals surface area contributed by atoms with Gasteiger partial charge in [-0.3, -0.25) is 4.79 Å². The predicted molar refractivity (Wildman–Crippen MR) is 78.7 cm³/mol. The molecule has 0 heterocycles. The van der Waals surface area contributed by atoms with Gasteiger partial charge in [0, 0.05) is 22.9 Å². The number of hydrogen-bond acceptors (Lipinski definition) is 1. The van der Waals surface area contributed by atoms with E-state index in [1.54, 1.807) is 0 Å². The fourth-order valence-corrected chi connectivity index (χ4v) is 2.26. The minimum absolute atomic E-state index is 0.162. The van der Waals surface area contributed by atoms with Crippen LogP contribution in [0.5, 0.6) is 0 Å². The summed E-state index contributed by atoms with van der Waals surface area (Å²) in [7, 11) is 0. The van der Waals surface area contributed by atoms with Gasteiger partial charge in [0.05, 0.1) is 0 Å². The zero-order valence-electron chi connectivity index (χ0n) is 9.95. The summed E-state index contributed by atoms with van der Waals surface area (Å²) in [5.41, 5.74) is 0.766. The van der Waals surface area contributed by atoms with Crippen molar-refractivity contribution in [1.29, 1.82) is 0 Å². The lowest BCUT2D eigenvalue weighted by Crippen LogP contribution is -1.98. The van der Waals surface area contributed by atoms with Crippen molar-refractivity contribution in [3.63, 3.8) is 0 Å². The number of terminal acetylenes is 1. The number of rotatable bonds is 4. The van der Waals surface area contributed by atoms with Crippen LogP contribution in [0.1, 0.15) is 29.6 Å². The molecule has 0 aliphatic rings. The van der Waals surface area contributed by atoms with Crippen molar-refractivity contribution in [3.05, 3.63) is 46.4 Å². The second-order valence-corrected chi connectivity index (χ2v) is 5.10. The van der Waals surface area contributed by atoms with Crippen LogP contribution in [0.25, 0.3) is 10.8 Å². The van der Waals surface area contributed by atoms with Gasteiger partial charge in [-0.25, -0.2) is 0 Å². The molecule has 2 heteroatoms. The third kappa shape index (κ3) is 3.00. The van der Waals surface area contributed by atoms with Crippen LogP contribution in [0.4, 0.5) is 0 Å². The molecule has 0 fully saturated rings. The van der Waals surface area contributed by atoms with E-state index in [2.05, 4.69) is 21.9 Å². The Bertz CT molecular complexity index is 623. The van der Waals surface area contributed by atoms with Crippen molar-refractivity contribution in [1.82, 2.24) is 0 Å². The molecule has 90 valence electrons.